The van der Waals surface area contributed by atoms with E-state index in [4.69, 9.17) is 24.7 Å². The van der Waals surface area contributed by atoms with E-state index in [2.05, 4.69) is 0 Å². The normalized spacial score (nSPS) is 10.5. The first kappa shape index (κ1) is 22.6. The van der Waals surface area contributed by atoms with Gasteiger partial charge in [0.2, 0.25) is 5.91 Å². The molecule has 0 fully saturated rings. The van der Waals surface area contributed by atoms with Crippen LogP contribution in [0.15, 0.2) is 42.5 Å². The number of nitrogens with zero attached hydrogens (tertiary/aromatic N) is 1. The molecule has 0 radical (unpaired) electrons. The predicted molar refractivity (Wildman–Crippen MR) is 113 cm³/mol. The first-order valence-electron chi connectivity index (χ1n) is 9.11. The van der Waals surface area contributed by atoms with Gasteiger partial charge in [0.25, 0.3) is 5.91 Å². The topological polar surface area (TPSA) is 100 Å². The fourth-order valence-electron chi connectivity index (χ4n) is 2.67. The van der Waals surface area contributed by atoms with Gasteiger partial charge in [-0.15, -0.1) is 0 Å². The molecule has 2 rings (SSSR count). The Morgan fingerprint density at radius 3 is 2.33 bits per heavy atom. The maximum Gasteiger partial charge on any atom is 0.255 e. The largest absolute Gasteiger partial charge is 0.497 e. The van der Waals surface area contributed by atoms with Gasteiger partial charge in [0.1, 0.15) is 11.5 Å². The number of primary amides is 1. The lowest BCUT2D eigenvalue weighted by Gasteiger charge is -2.18. The number of methoxy groups -OCH3 is 3. The molecule has 2 aromatic rings. The fourth-order valence-corrected chi connectivity index (χ4v) is 2.67. The van der Waals surface area contributed by atoms with Gasteiger partial charge in [0, 0.05) is 31.3 Å². The molecule has 0 spiro atoms. The highest BCUT2D eigenvalue weighted by Crippen LogP contribution is 2.29. The Morgan fingerprint density at radius 1 is 0.967 bits per heavy atom. The molecule has 0 aliphatic heterocycles. The minimum atomic E-state index is -0.580. The van der Waals surface area contributed by atoms with Gasteiger partial charge < -0.3 is 29.6 Å². The maximum atomic E-state index is 12.5. The SMILES string of the molecule is COc1ccc(CN(C)C(=O)C=Cc2ccc(OCC(N)=O)c(OC)c2)c(OC)c1. The molecule has 0 bridgehead atoms. The summed E-state index contributed by atoms with van der Waals surface area (Å²) in [5.74, 6) is 1.39. The van der Waals surface area contributed by atoms with Crippen LogP contribution < -0.4 is 24.7 Å². The minimum Gasteiger partial charge on any atom is -0.497 e. The lowest BCUT2D eigenvalue weighted by atomic mass is 10.1. The van der Waals surface area contributed by atoms with Crippen molar-refractivity contribution in [2.45, 2.75) is 6.54 Å². The van der Waals surface area contributed by atoms with Crippen molar-refractivity contribution in [1.29, 1.82) is 0 Å². The number of amides is 2. The van der Waals surface area contributed by atoms with E-state index >= 15 is 0 Å². The summed E-state index contributed by atoms with van der Waals surface area (Å²) in [6, 6.07) is 10.6. The minimum absolute atomic E-state index is 0.180. The van der Waals surface area contributed by atoms with Crippen molar-refractivity contribution in [2.24, 2.45) is 5.73 Å². The zero-order valence-electron chi connectivity index (χ0n) is 17.5. The van der Waals surface area contributed by atoms with Crippen LogP contribution in [0.3, 0.4) is 0 Å². The average Bonchev–Trinajstić information content (AvgIpc) is 2.76. The van der Waals surface area contributed by atoms with Crippen LogP contribution in [0.1, 0.15) is 11.1 Å². The van der Waals surface area contributed by atoms with Gasteiger partial charge in [0.15, 0.2) is 18.1 Å². The number of nitrogens with two attached hydrogens (primary N) is 1. The van der Waals surface area contributed by atoms with Gasteiger partial charge in [0.05, 0.1) is 21.3 Å². The third-order valence-corrected chi connectivity index (χ3v) is 4.25. The molecule has 0 saturated heterocycles. The van der Waals surface area contributed by atoms with Crippen LogP contribution in [-0.2, 0) is 16.1 Å². The molecule has 0 aromatic heterocycles. The van der Waals surface area contributed by atoms with E-state index in [-0.39, 0.29) is 12.5 Å². The summed E-state index contributed by atoms with van der Waals surface area (Å²) in [5, 5.41) is 0. The number of rotatable bonds is 10. The molecule has 8 nitrogen and oxygen atoms in total. The lowest BCUT2D eigenvalue weighted by molar-refractivity contribution is -0.125. The number of ether oxygens (including phenoxy) is 4. The Bertz CT molecular complexity index is 926. The second-order valence-corrected chi connectivity index (χ2v) is 6.37. The van der Waals surface area contributed by atoms with Crippen LogP contribution in [0, 0.1) is 0 Å². The smallest absolute Gasteiger partial charge is 0.255 e. The molecular formula is C22H26N2O6. The molecule has 0 atom stereocenters. The molecule has 0 aliphatic carbocycles. The van der Waals surface area contributed by atoms with E-state index in [9.17, 15) is 9.59 Å². The van der Waals surface area contributed by atoms with Gasteiger partial charge in [-0.05, 0) is 35.9 Å². The highest BCUT2D eigenvalue weighted by molar-refractivity contribution is 5.91. The van der Waals surface area contributed by atoms with Crippen LogP contribution >= 0.6 is 0 Å². The van der Waals surface area contributed by atoms with Crippen molar-refractivity contribution < 1.29 is 28.5 Å². The van der Waals surface area contributed by atoms with E-state index < -0.39 is 5.91 Å². The second kappa shape index (κ2) is 10.8. The van der Waals surface area contributed by atoms with E-state index in [1.54, 1.807) is 56.5 Å². The molecule has 8 heteroatoms. The van der Waals surface area contributed by atoms with E-state index in [0.717, 1.165) is 11.1 Å². The van der Waals surface area contributed by atoms with Crippen molar-refractivity contribution in [3.63, 3.8) is 0 Å². The van der Waals surface area contributed by atoms with Crippen LogP contribution in [0.25, 0.3) is 6.08 Å². The Kier molecular flexibility index (Phi) is 8.10. The second-order valence-electron chi connectivity index (χ2n) is 6.37. The van der Waals surface area contributed by atoms with E-state index in [1.165, 1.54) is 13.2 Å². The first-order valence-corrected chi connectivity index (χ1v) is 9.11. The van der Waals surface area contributed by atoms with Gasteiger partial charge in [-0.1, -0.05) is 6.07 Å². The van der Waals surface area contributed by atoms with Crippen molar-refractivity contribution in [1.82, 2.24) is 4.90 Å². The van der Waals surface area contributed by atoms with Gasteiger partial charge in [-0.25, -0.2) is 0 Å². The fraction of sp³-hybridized carbons (Fsp3) is 0.273. The number of carbonyl (C=O) groups is 2. The van der Waals surface area contributed by atoms with Crippen LogP contribution in [0.5, 0.6) is 23.0 Å². The van der Waals surface area contributed by atoms with E-state index in [1.807, 2.05) is 12.1 Å². The Balaban J connectivity index is 2.07. The van der Waals surface area contributed by atoms with E-state index in [0.29, 0.717) is 29.5 Å². The maximum absolute atomic E-state index is 12.5. The summed E-state index contributed by atoms with van der Waals surface area (Å²) in [4.78, 5) is 25.0. The molecule has 0 unspecified atom stereocenters. The molecule has 2 amide bonds. The molecule has 2 aromatic carbocycles. The summed E-state index contributed by atoms with van der Waals surface area (Å²) in [6.45, 7) is 0.128. The molecule has 0 saturated carbocycles. The lowest BCUT2D eigenvalue weighted by Crippen LogP contribution is -2.24. The van der Waals surface area contributed by atoms with Crippen LogP contribution in [0.2, 0.25) is 0 Å². The molecule has 30 heavy (non-hydrogen) atoms. The third kappa shape index (κ3) is 6.16. The third-order valence-electron chi connectivity index (χ3n) is 4.25. The number of likely N-dealkylation sites (N-methyl/N-ethyl adjacent to an activating group) is 1. The molecule has 0 heterocycles. The van der Waals surface area contributed by atoms with Crippen molar-refractivity contribution in [2.75, 3.05) is 35.0 Å². The summed E-state index contributed by atoms with van der Waals surface area (Å²) in [5.41, 5.74) is 6.69. The van der Waals surface area contributed by atoms with Crippen molar-refractivity contribution in [3.05, 3.63) is 53.6 Å². The summed E-state index contributed by atoms with van der Waals surface area (Å²) in [7, 11) is 6.35. The highest BCUT2D eigenvalue weighted by atomic mass is 16.5. The summed E-state index contributed by atoms with van der Waals surface area (Å²) < 4.78 is 21.1. The zero-order valence-corrected chi connectivity index (χ0v) is 17.5. The summed E-state index contributed by atoms with van der Waals surface area (Å²) >= 11 is 0. The van der Waals surface area contributed by atoms with Crippen molar-refractivity contribution >= 4 is 17.9 Å². The quantitative estimate of drug-likeness (QED) is 0.599. The predicted octanol–water partition coefficient (Wildman–Crippen LogP) is 2.25. The first-order chi connectivity index (χ1) is 14.4. The van der Waals surface area contributed by atoms with Gasteiger partial charge >= 0.3 is 0 Å². The molecule has 2 N–H and O–H groups in total. The molecular weight excluding hydrogens is 388 g/mol. The zero-order chi connectivity index (χ0) is 22.1. The number of benzene rings is 2. The standard InChI is InChI=1S/C22H26N2O6/c1-24(13-16-7-8-17(27-2)12-19(16)28-3)22(26)10-6-15-5-9-18(20(11-15)29-4)30-14-21(23)25/h5-12H,13-14H2,1-4H3,(H2,23,25). The molecule has 160 valence electrons. The Hall–Kier alpha value is -3.68. The summed E-state index contributed by atoms with van der Waals surface area (Å²) in [6.07, 6.45) is 3.14. The number of hydrogen-bond donors (Lipinski definition) is 1. The highest BCUT2D eigenvalue weighted by Gasteiger charge is 2.11. The number of hydrogen-bond acceptors (Lipinski definition) is 6. The Labute approximate surface area is 175 Å². The average molecular weight is 414 g/mol. The van der Waals surface area contributed by atoms with Crippen LogP contribution in [-0.4, -0.2) is 51.7 Å². The monoisotopic (exact) mass is 414 g/mol. The van der Waals surface area contributed by atoms with Crippen LogP contribution in [0.4, 0.5) is 0 Å². The van der Waals surface area contributed by atoms with Gasteiger partial charge in [-0.3, -0.25) is 9.59 Å². The van der Waals surface area contributed by atoms with Gasteiger partial charge in [-0.2, -0.15) is 0 Å². The van der Waals surface area contributed by atoms with Crippen molar-refractivity contribution in [3.8, 4) is 23.0 Å². The Morgan fingerprint density at radius 2 is 1.70 bits per heavy atom. The number of carbonyl (C=O) groups excluding carboxylic acids is 2. The molecule has 0 aliphatic rings.